The highest BCUT2D eigenvalue weighted by Crippen LogP contribution is 2.09. The number of anilines is 1. The van der Waals surface area contributed by atoms with Gasteiger partial charge in [-0.2, -0.15) is 0 Å². The number of carbonyl (C=O) groups is 1. The zero-order valence-corrected chi connectivity index (χ0v) is 14.4. The molecule has 0 aliphatic carbocycles. The van der Waals surface area contributed by atoms with E-state index in [9.17, 15) is 4.79 Å². The van der Waals surface area contributed by atoms with Gasteiger partial charge in [0.25, 0.3) is 0 Å². The van der Waals surface area contributed by atoms with Gasteiger partial charge in [0.2, 0.25) is 11.9 Å². The molecule has 2 aromatic heterocycles. The number of aromatic nitrogens is 6. The molecule has 25 heavy (non-hydrogen) atoms. The molecule has 10 nitrogen and oxygen atoms in total. The van der Waals surface area contributed by atoms with E-state index in [1.165, 1.54) is 0 Å². The van der Waals surface area contributed by atoms with Crippen molar-refractivity contribution in [1.29, 1.82) is 0 Å². The van der Waals surface area contributed by atoms with E-state index >= 15 is 0 Å². The topological polar surface area (TPSA) is 105 Å². The van der Waals surface area contributed by atoms with E-state index in [2.05, 4.69) is 40.6 Å². The number of aryl methyl sites for hydroxylation is 2. The molecule has 0 bridgehead atoms. The van der Waals surface area contributed by atoms with Gasteiger partial charge in [0.15, 0.2) is 0 Å². The number of hydrogen-bond donors (Lipinski definition) is 1. The van der Waals surface area contributed by atoms with Crippen LogP contribution in [-0.2, 0) is 11.3 Å². The number of piperazine rings is 1. The van der Waals surface area contributed by atoms with Crippen LogP contribution in [0.3, 0.4) is 0 Å². The van der Waals surface area contributed by atoms with Crippen LogP contribution < -0.4 is 10.2 Å². The van der Waals surface area contributed by atoms with Gasteiger partial charge < -0.3 is 10.2 Å². The Kier molecular flexibility index (Phi) is 5.83. The third kappa shape index (κ3) is 4.92. The molecule has 1 N–H and O–H groups in total. The third-order valence-corrected chi connectivity index (χ3v) is 4.22. The first-order valence-corrected chi connectivity index (χ1v) is 8.46. The summed E-state index contributed by atoms with van der Waals surface area (Å²) in [7, 11) is 0. The summed E-state index contributed by atoms with van der Waals surface area (Å²) in [6.07, 6.45) is 3.91. The Hall–Kier alpha value is -2.62. The van der Waals surface area contributed by atoms with Crippen LogP contribution in [0, 0.1) is 6.92 Å². The van der Waals surface area contributed by atoms with Crippen LogP contribution in [-0.4, -0.2) is 80.3 Å². The predicted molar refractivity (Wildman–Crippen MR) is 90.9 cm³/mol. The van der Waals surface area contributed by atoms with Crippen LogP contribution in [0.2, 0.25) is 0 Å². The van der Waals surface area contributed by atoms with Gasteiger partial charge in [-0.1, -0.05) is 0 Å². The second kappa shape index (κ2) is 8.47. The summed E-state index contributed by atoms with van der Waals surface area (Å²) in [6.45, 7) is 7.50. The van der Waals surface area contributed by atoms with Gasteiger partial charge >= 0.3 is 0 Å². The summed E-state index contributed by atoms with van der Waals surface area (Å²) in [5.41, 5.74) is 0. The quantitative estimate of drug-likeness (QED) is 0.688. The summed E-state index contributed by atoms with van der Waals surface area (Å²) in [5.74, 6) is 1.52. The molecule has 2 aromatic rings. The molecule has 1 aliphatic rings. The van der Waals surface area contributed by atoms with Gasteiger partial charge in [-0.05, 0) is 23.4 Å². The summed E-state index contributed by atoms with van der Waals surface area (Å²) in [4.78, 5) is 25.0. The SMILES string of the molecule is Cc1nnnn1CCC(=O)NCCN1CCN(c2ncccn2)CC1. The Morgan fingerprint density at radius 3 is 2.60 bits per heavy atom. The second-order valence-electron chi connectivity index (χ2n) is 5.93. The fourth-order valence-electron chi connectivity index (χ4n) is 2.73. The first-order chi connectivity index (χ1) is 12.2. The number of rotatable bonds is 7. The summed E-state index contributed by atoms with van der Waals surface area (Å²) < 4.78 is 1.63. The van der Waals surface area contributed by atoms with E-state index in [4.69, 9.17) is 0 Å². The lowest BCUT2D eigenvalue weighted by molar-refractivity contribution is -0.121. The van der Waals surface area contributed by atoms with Gasteiger partial charge in [0.05, 0.1) is 6.54 Å². The maximum absolute atomic E-state index is 11.9. The normalized spacial score (nSPS) is 15.3. The number of tetrazole rings is 1. The Bertz CT molecular complexity index is 667. The lowest BCUT2D eigenvalue weighted by atomic mass is 10.3. The van der Waals surface area contributed by atoms with Gasteiger partial charge in [-0.25, -0.2) is 14.6 Å². The van der Waals surface area contributed by atoms with E-state index in [0.29, 0.717) is 25.3 Å². The molecule has 1 saturated heterocycles. The minimum absolute atomic E-state index is 0.0196. The van der Waals surface area contributed by atoms with Crippen molar-refractivity contribution in [2.45, 2.75) is 19.9 Å². The van der Waals surface area contributed by atoms with Crippen molar-refractivity contribution >= 4 is 11.9 Å². The van der Waals surface area contributed by atoms with Crippen LogP contribution in [0.15, 0.2) is 18.5 Å². The number of amides is 1. The highest BCUT2D eigenvalue weighted by Gasteiger charge is 2.18. The molecular formula is C15H23N9O. The van der Waals surface area contributed by atoms with Crippen molar-refractivity contribution in [2.24, 2.45) is 0 Å². The van der Waals surface area contributed by atoms with Crippen molar-refractivity contribution in [2.75, 3.05) is 44.2 Å². The van der Waals surface area contributed by atoms with E-state index < -0.39 is 0 Å². The average molecular weight is 345 g/mol. The molecule has 0 aromatic carbocycles. The van der Waals surface area contributed by atoms with Gasteiger partial charge in [-0.15, -0.1) is 5.10 Å². The zero-order chi connectivity index (χ0) is 17.5. The van der Waals surface area contributed by atoms with Crippen LogP contribution in [0.25, 0.3) is 0 Å². The third-order valence-electron chi connectivity index (χ3n) is 4.22. The fraction of sp³-hybridized carbons (Fsp3) is 0.600. The fourth-order valence-corrected chi connectivity index (χ4v) is 2.73. The molecule has 0 atom stereocenters. The molecule has 0 spiro atoms. The smallest absolute Gasteiger partial charge is 0.225 e. The highest BCUT2D eigenvalue weighted by atomic mass is 16.1. The van der Waals surface area contributed by atoms with Gasteiger partial charge in [0, 0.05) is 58.1 Å². The molecule has 1 fully saturated rings. The number of hydrogen-bond acceptors (Lipinski definition) is 8. The van der Waals surface area contributed by atoms with Gasteiger partial charge in [0.1, 0.15) is 5.82 Å². The van der Waals surface area contributed by atoms with Crippen LogP contribution in [0.1, 0.15) is 12.2 Å². The molecule has 1 aliphatic heterocycles. The first kappa shape index (κ1) is 17.2. The number of nitrogens with zero attached hydrogens (tertiary/aromatic N) is 8. The van der Waals surface area contributed by atoms with Crippen LogP contribution in [0.5, 0.6) is 0 Å². The molecular weight excluding hydrogens is 322 g/mol. The lowest BCUT2D eigenvalue weighted by Gasteiger charge is -2.34. The zero-order valence-electron chi connectivity index (χ0n) is 14.4. The van der Waals surface area contributed by atoms with Crippen LogP contribution in [0.4, 0.5) is 5.95 Å². The number of carbonyl (C=O) groups excluding carboxylic acids is 1. The minimum atomic E-state index is 0.0196. The maximum atomic E-state index is 11.9. The standard InChI is InChI=1S/C15H23N9O/c1-13-19-20-21-24(13)7-3-14(25)16-6-8-22-9-11-23(12-10-22)15-17-4-2-5-18-15/h2,4-5H,3,6-12H2,1H3,(H,16,25). The molecule has 0 unspecified atom stereocenters. The monoisotopic (exact) mass is 345 g/mol. The summed E-state index contributed by atoms with van der Waals surface area (Å²) in [6, 6.07) is 1.82. The van der Waals surface area contributed by atoms with E-state index in [1.54, 1.807) is 17.1 Å². The minimum Gasteiger partial charge on any atom is -0.355 e. The second-order valence-corrected chi connectivity index (χ2v) is 5.93. The molecule has 3 rings (SSSR count). The maximum Gasteiger partial charge on any atom is 0.225 e. The number of nitrogens with one attached hydrogen (secondary N) is 1. The van der Waals surface area contributed by atoms with Gasteiger partial charge in [-0.3, -0.25) is 9.69 Å². The van der Waals surface area contributed by atoms with Crippen molar-refractivity contribution in [3.63, 3.8) is 0 Å². The van der Waals surface area contributed by atoms with Crippen molar-refractivity contribution in [3.05, 3.63) is 24.3 Å². The Labute approximate surface area is 146 Å². The van der Waals surface area contributed by atoms with E-state index in [0.717, 1.165) is 38.7 Å². The average Bonchev–Trinajstić information content (AvgIpc) is 3.06. The van der Waals surface area contributed by atoms with Crippen LogP contribution >= 0.6 is 0 Å². The summed E-state index contributed by atoms with van der Waals surface area (Å²) in [5, 5.41) is 14.1. The van der Waals surface area contributed by atoms with Crippen molar-refractivity contribution in [3.8, 4) is 0 Å². The lowest BCUT2D eigenvalue weighted by Crippen LogP contribution is -2.49. The predicted octanol–water partition coefficient (Wildman–Crippen LogP) is -0.900. The molecule has 10 heteroatoms. The molecule has 3 heterocycles. The Morgan fingerprint density at radius 1 is 1.16 bits per heavy atom. The highest BCUT2D eigenvalue weighted by molar-refractivity contribution is 5.75. The largest absolute Gasteiger partial charge is 0.355 e. The summed E-state index contributed by atoms with van der Waals surface area (Å²) >= 11 is 0. The van der Waals surface area contributed by atoms with Crippen molar-refractivity contribution in [1.82, 2.24) is 40.4 Å². The molecule has 0 saturated carbocycles. The Morgan fingerprint density at radius 2 is 1.92 bits per heavy atom. The van der Waals surface area contributed by atoms with E-state index in [1.807, 2.05) is 13.0 Å². The molecule has 1 amide bonds. The molecule has 0 radical (unpaired) electrons. The molecule has 134 valence electrons. The first-order valence-electron chi connectivity index (χ1n) is 8.46. The van der Waals surface area contributed by atoms with Crippen molar-refractivity contribution < 1.29 is 4.79 Å². The Balaban J connectivity index is 1.31. The van der Waals surface area contributed by atoms with E-state index in [-0.39, 0.29) is 5.91 Å².